The van der Waals surface area contributed by atoms with Crippen molar-refractivity contribution in [2.45, 2.75) is 84.0 Å². The maximum atomic E-state index is 13.7. The van der Waals surface area contributed by atoms with Crippen molar-refractivity contribution in [3.63, 3.8) is 0 Å². The second kappa shape index (κ2) is 16.1. The number of piperidine rings is 1. The van der Waals surface area contributed by atoms with Gasteiger partial charge in [0.25, 0.3) is 0 Å². The molecule has 50 heavy (non-hydrogen) atoms. The van der Waals surface area contributed by atoms with E-state index < -0.39 is 11.6 Å². The lowest BCUT2D eigenvalue weighted by Crippen LogP contribution is -2.68. The van der Waals surface area contributed by atoms with Crippen LogP contribution in [0.3, 0.4) is 0 Å². The number of hydrogen-bond acceptors (Lipinski definition) is 6. The summed E-state index contributed by atoms with van der Waals surface area (Å²) >= 11 is 0. The van der Waals surface area contributed by atoms with E-state index in [1.165, 1.54) is 30.3 Å². The van der Waals surface area contributed by atoms with Crippen molar-refractivity contribution in [3.8, 4) is 0 Å². The van der Waals surface area contributed by atoms with Crippen molar-refractivity contribution in [1.82, 2.24) is 29.7 Å². The van der Waals surface area contributed by atoms with Crippen molar-refractivity contribution >= 4 is 22.8 Å². The smallest absolute Gasteiger partial charge is 0.207 e. The van der Waals surface area contributed by atoms with Crippen molar-refractivity contribution in [3.05, 3.63) is 112 Å². The molecule has 10 heteroatoms. The highest BCUT2D eigenvalue weighted by molar-refractivity contribution is 6.08. The summed E-state index contributed by atoms with van der Waals surface area (Å²) in [7, 11) is 1.93. The van der Waals surface area contributed by atoms with Gasteiger partial charge in [-0.25, -0.2) is 13.8 Å². The number of allylic oxidation sites excluding steroid dienone is 2. The molecule has 2 atom stereocenters. The Morgan fingerprint density at radius 3 is 2.46 bits per heavy atom. The van der Waals surface area contributed by atoms with Gasteiger partial charge >= 0.3 is 0 Å². The molecule has 2 aromatic carbocycles. The Hall–Kier alpha value is -4.41. The first-order valence-corrected chi connectivity index (χ1v) is 17.9. The van der Waals surface area contributed by atoms with E-state index in [0.717, 1.165) is 121 Å². The highest BCUT2D eigenvalue weighted by Crippen LogP contribution is 2.33. The molecule has 0 aliphatic carbocycles. The molecule has 0 radical (unpaired) electrons. The number of unbranched alkanes of at least 4 members (excludes halogenated alkanes) is 3. The number of aromatic nitrogens is 3. The van der Waals surface area contributed by atoms with Crippen molar-refractivity contribution in [1.29, 1.82) is 5.41 Å². The van der Waals surface area contributed by atoms with E-state index >= 15 is 0 Å². The number of hydrogen-bond donors (Lipinski definition) is 3. The van der Waals surface area contributed by atoms with Gasteiger partial charge in [-0.05, 0) is 99.0 Å². The first-order chi connectivity index (χ1) is 24.2. The van der Waals surface area contributed by atoms with Crippen LogP contribution in [0, 0.1) is 30.9 Å². The lowest BCUT2D eigenvalue weighted by Gasteiger charge is -2.56. The Bertz CT molecular complexity index is 1890. The number of H-pyrrole nitrogens is 1. The van der Waals surface area contributed by atoms with Crippen molar-refractivity contribution in [2.75, 3.05) is 26.7 Å². The first-order valence-electron chi connectivity index (χ1n) is 17.9. The van der Waals surface area contributed by atoms with Crippen LogP contribution in [0.4, 0.5) is 8.78 Å². The third-order valence-corrected chi connectivity index (χ3v) is 10.2. The second-order valence-electron chi connectivity index (χ2n) is 13.9. The summed E-state index contributed by atoms with van der Waals surface area (Å²) < 4.78 is 29.6. The predicted molar refractivity (Wildman–Crippen MR) is 198 cm³/mol. The summed E-state index contributed by atoms with van der Waals surface area (Å²) in [6.45, 7) is 12.5. The van der Waals surface area contributed by atoms with Crippen LogP contribution in [0.25, 0.3) is 16.6 Å². The van der Waals surface area contributed by atoms with E-state index in [0.29, 0.717) is 18.5 Å². The molecule has 3 N–H and O–H groups in total. The van der Waals surface area contributed by atoms with Crippen LogP contribution >= 0.6 is 0 Å². The Labute approximate surface area is 294 Å². The monoisotopic (exact) mass is 680 g/mol. The number of imidazole rings is 1. The molecule has 3 aliphatic rings. The molecule has 4 aromatic rings. The SMILES string of the molecule is C=C/N=c1\[nH]c2ccc(CN3CC4CC(C3)N4CCc3cc(F)cc(F)c3)cc2n1CCCCCC/C(NC)=C(/C=N)c1cc(C)cc(C)n1. The fourth-order valence-corrected chi connectivity index (χ4v) is 7.88. The summed E-state index contributed by atoms with van der Waals surface area (Å²) in [6, 6.07) is 15.6. The molecule has 3 fully saturated rings. The summed E-state index contributed by atoms with van der Waals surface area (Å²) in [5.74, 6) is -1.01. The molecule has 2 aromatic heterocycles. The van der Waals surface area contributed by atoms with E-state index in [4.69, 9.17) is 5.41 Å². The number of nitrogens with one attached hydrogen (secondary N) is 3. The minimum atomic E-state index is -0.505. The molecule has 0 amide bonds. The molecular formula is C40H50F2N8. The van der Waals surface area contributed by atoms with E-state index in [1.807, 2.05) is 20.0 Å². The van der Waals surface area contributed by atoms with Crippen molar-refractivity contribution in [2.24, 2.45) is 4.99 Å². The van der Waals surface area contributed by atoms with Crippen LogP contribution in [0.15, 0.2) is 72.0 Å². The number of piperazine rings is 1. The number of pyridine rings is 1. The zero-order chi connectivity index (χ0) is 35.2. The van der Waals surface area contributed by atoms with E-state index in [2.05, 4.69) is 72.4 Å². The lowest BCUT2D eigenvalue weighted by atomic mass is 9.86. The number of benzene rings is 2. The van der Waals surface area contributed by atoms with Gasteiger partial charge in [-0.1, -0.05) is 25.5 Å². The summed E-state index contributed by atoms with van der Waals surface area (Å²) in [4.78, 5) is 17.8. The van der Waals surface area contributed by atoms with Gasteiger partial charge in [0.05, 0.1) is 16.7 Å². The molecular weight excluding hydrogens is 630 g/mol. The fourth-order valence-electron chi connectivity index (χ4n) is 7.88. The number of aryl methyl sites for hydroxylation is 3. The Morgan fingerprint density at radius 2 is 1.76 bits per heavy atom. The van der Waals surface area contributed by atoms with E-state index in [-0.39, 0.29) is 0 Å². The average Bonchev–Trinajstić information content (AvgIpc) is 3.41. The predicted octanol–water partition coefficient (Wildman–Crippen LogP) is 7.04. The topological polar surface area (TPSA) is 88.3 Å². The first kappa shape index (κ1) is 35.4. The van der Waals surface area contributed by atoms with Crippen molar-refractivity contribution < 1.29 is 8.78 Å². The van der Waals surface area contributed by atoms with Gasteiger partial charge < -0.3 is 20.3 Å². The maximum Gasteiger partial charge on any atom is 0.207 e. The third-order valence-electron chi connectivity index (χ3n) is 10.2. The molecule has 2 bridgehead atoms. The Kier molecular flexibility index (Phi) is 11.4. The number of halogens is 2. The van der Waals surface area contributed by atoms with Gasteiger partial charge in [0.15, 0.2) is 0 Å². The largest absolute Gasteiger partial charge is 0.391 e. The average molecular weight is 681 g/mol. The Morgan fingerprint density at radius 1 is 1.00 bits per heavy atom. The van der Waals surface area contributed by atoms with Gasteiger partial charge in [0, 0.05) is 87.3 Å². The van der Waals surface area contributed by atoms with Crippen LogP contribution in [-0.4, -0.2) is 69.3 Å². The van der Waals surface area contributed by atoms with Gasteiger partial charge in [-0.2, -0.15) is 0 Å². The standard InChI is InChI=1S/C40H50F2N8/c1-5-45-40-47-37-12-11-30(24-48-25-33-22-34(26-48)49(33)15-13-29-18-31(41)21-32(42)19-29)20-39(37)50(40)14-9-7-6-8-10-36(44-4)35(23-43)38-17-27(2)16-28(3)46-38/h5,11-12,16-21,23,33-34,43-44H,1,6-10,13-15,22,24-26H2,2-4H3,(H,45,47)/b36-35+,43-23?. The molecule has 2 unspecified atom stereocenters. The number of fused-ring (bicyclic) bond motifs is 3. The minimum Gasteiger partial charge on any atom is -0.391 e. The second-order valence-corrected chi connectivity index (χ2v) is 13.9. The lowest BCUT2D eigenvalue weighted by molar-refractivity contribution is -0.0706. The quantitative estimate of drug-likeness (QED) is 0.0876. The van der Waals surface area contributed by atoms with Gasteiger partial charge in [-0.3, -0.25) is 14.8 Å². The molecule has 5 heterocycles. The third kappa shape index (κ3) is 8.30. The summed E-state index contributed by atoms with van der Waals surface area (Å²) in [6.07, 6.45) is 9.98. The molecule has 3 saturated heterocycles. The van der Waals surface area contributed by atoms with Gasteiger partial charge in [-0.15, -0.1) is 0 Å². The van der Waals surface area contributed by atoms with E-state index in [9.17, 15) is 8.78 Å². The maximum absolute atomic E-state index is 13.7. The van der Waals surface area contributed by atoms with Crippen LogP contribution in [0.5, 0.6) is 0 Å². The fraction of sp³-hybridized carbons (Fsp3) is 0.425. The number of nitrogens with zero attached hydrogens (tertiary/aromatic N) is 5. The van der Waals surface area contributed by atoms with Crippen LogP contribution < -0.4 is 10.9 Å². The zero-order valence-electron chi connectivity index (χ0n) is 29.6. The van der Waals surface area contributed by atoms with Crippen LogP contribution in [0.1, 0.15) is 66.6 Å². The number of rotatable bonds is 16. The number of aromatic amines is 1. The molecule has 7 rings (SSSR count). The minimum absolute atomic E-state index is 0.492. The molecule has 264 valence electrons. The summed E-state index contributed by atoms with van der Waals surface area (Å²) in [5.41, 5.74) is 9.93. The van der Waals surface area contributed by atoms with Crippen LogP contribution in [0.2, 0.25) is 0 Å². The van der Waals surface area contributed by atoms with Gasteiger partial charge in [0.2, 0.25) is 5.62 Å². The zero-order valence-corrected chi connectivity index (χ0v) is 29.6. The van der Waals surface area contributed by atoms with Crippen LogP contribution in [-0.2, 0) is 19.5 Å². The molecule has 3 aliphatic heterocycles. The molecule has 0 saturated carbocycles. The normalized spacial score (nSPS) is 18.6. The Balaban J connectivity index is 1.03. The molecule has 8 nitrogen and oxygen atoms in total. The highest BCUT2D eigenvalue weighted by Gasteiger charge is 2.43. The van der Waals surface area contributed by atoms with E-state index in [1.54, 1.807) is 6.20 Å². The van der Waals surface area contributed by atoms with Gasteiger partial charge in [0.1, 0.15) is 11.6 Å². The highest BCUT2D eigenvalue weighted by atomic mass is 19.1. The molecule has 0 spiro atoms. The summed E-state index contributed by atoms with van der Waals surface area (Å²) in [5, 5.41) is 11.4.